The molecule has 1 saturated heterocycles. The molecule has 1 aliphatic heterocycles. The zero-order chi connectivity index (χ0) is 9.31. The summed E-state index contributed by atoms with van der Waals surface area (Å²) in [6.07, 6.45) is 3.24. The second-order valence-electron chi connectivity index (χ2n) is 3.54. The first kappa shape index (κ1) is 9.06. The van der Waals surface area contributed by atoms with E-state index >= 15 is 0 Å². The lowest BCUT2D eigenvalue weighted by molar-refractivity contribution is 0.404. The summed E-state index contributed by atoms with van der Waals surface area (Å²) in [7, 11) is 0. The molecule has 1 aromatic rings. The topological polar surface area (TPSA) is 38.9 Å². The highest BCUT2D eigenvalue weighted by molar-refractivity contribution is 8.00. The zero-order valence-corrected chi connectivity index (χ0v) is 8.86. The Labute approximate surface area is 82.3 Å². The van der Waals surface area contributed by atoms with Crippen molar-refractivity contribution in [2.24, 2.45) is 0 Å². The van der Waals surface area contributed by atoms with Crippen LogP contribution in [-0.2, 0) is 11.2 Å². The van der Waals surface area contributed by atoms with Crippen LogP contribution in [0.2, 0.25) is 0 Å². The van der Waals surface area contributed by atoms with Gasteiger partial charge in [-0.1, -0.05) is 6.92 Å². The first-order valence-electron chi connectivity index (χ1n) is 4.71. The minimum absolute atomic E-state index is 0.0837. The molecule has 4 heteroatoms. The molecule has 0 spiro atoms. The van der Waals surface area contributed by atoms with Gasteiger partial charge in [0.25, 0.3) is 0 Å². The summed E-state index contributed by atoms with van der Waals surface area (Å²) in [5.41, 5.74) is 0. The van der Waals surface area contributed by atoms with Gasteiger partial charge in [-0.3, -0.25) is 0 Å². The van der Waals surface area contributed by atoms with Crippen LogP contribution in [0, 0.1) is 0 Å². The molecule has 1 aromatic heterocycles. The highest BCUT2D eigenvalue weighted by Crippen LogP contribution is 2.45. The molecule has 0 aliphatic carbocycles. The normalized spacial score (nSPS) is 28.2. The van der Waals surface area contributed by atoms with Gasteiger partial charge in [0, 0.05) is 6.42 Å². The van der Waals surface area contributed by atoms with Crippen LogP contribution in [0.15, 0.2) is 4.42 Å². The second-order valence-corrected chi connectivity index (χ2v) is 5.14. The van der Waals surface area contributed by atoms with E-state index in [0.717, 1.165) is 24.6 Å². The number of thioether (sulfide) groups is 1. The van der Waals surface area contributed by atoms with Crippen molar-refractivity contribution in [1.82, 2.24) is 10.2 Å². The van der Waals surface area contributed by atoms with Crippen molar-refractivity contribution in [3.05, 3.63) is 11.8 Å². The molecule has 0 amide bonds. The highest BCUT2D eigenvalue weighted by atomic mass is 32.2. The lowest BCUT2D eigenvalue weighted by Gasteiger charge is -2.16. The number of rotatable bonds is 2. The number of aryl methyl sites for hydroxylation is 1. The summed E-state index contributed by atoms with van der Waals surface area (Å²) in [5.74, 6) is 2.77. The van der Waals surface area contributed by atoms with Crippen LogP contribution >= 0.6 is 11.8 Å². The molecule has 0 bridgehead atoms. The minimum Gasteiger partial charge on any atom is -0.424 e. The largest absolute Gasteiger partial charge is 0.424 e. The molecule has 1 atom stereocenters. The Morgan fingerprint density at radius 3 is 2.92 bits per heavy atom. The van der Waals surface area contributed by atoms with E-state index in [4.69, 9.17) is 4.42 Å². The van der Waals surface area contributed by atoms with Gasteiger partial charge in [-0.15, -0.1) is 22.0 Å². The van der Waals surface area contributed by atoms with E-state index in [1.807, 2.05) is 18.7 Å². The molecule has 0 radical (unpaired) electrons. The van der Waals surface area contributed by atoms with E-state index in [9.17, 15) is 0 Å². The number of hydrogen-bond acceptors (Lipinski definition) is 4. The molecule has 0 N–H and O–H groups in total. The van der Waals surface area contributed by atoms with Gasteiger partial charge in [0.1, 0.15) is 0 Å². The molecule has 2 heterocycles. The smallest absolute Gasteiger partial charge is 0.232 e. The Kier molecular flexibility index (Phi) is 2.32. The van der Waals surface area contributed by atoms with Crippen molar-refractivity contribution < 1.29 is 4.42 Å². The summed E-state index contributed by atoms with van der Waals surface area (Å²) >= 11 is 1.93. The van der Waals surface area contributed by atoms with Crippen molar-refractivity contribution in [1.29, 1.82) is 0 Å². The summed E-state index contributed by atoms with van der Waals surface area (Å²) in [6, 6.07) is 0. The van der Waals surface area contributed by atoms with Gasteiger partial charge >= 0.3 is 0 Å². The van der Waals surface area contributed by atoms with Crippen molar-refractivity contribution >= 4 is 11.8 Å². The highest BCUT2D eigenvalue weighted by Gasteiger charge is 2.36. The van der Waals surface area contributed by atoms with Gasteiger partial charge in [0.15, 0.2) is 0 Å². The number of hydrogen-bond donors (Lipinski definition) is 0. The van der Waals surface area contributed by atoms with E-state index < -0.39 is 0 Å². The van der Waals surface area contributed by atoms with E-state index in [1.165, 1.54) is 12.2 Å². The number of nitrogens with zero attached hydrogens (tertiary/aromatic N) is 2. The molecular formula is C9H14N2OS. The molecule has 13 heavy (non-hydrogen) atoms. The monoisotopic (exact) mass is 198 g/mol. The molecule has 72 valence electrons. The lowest BCUT2D eigenvalue weighted by Crippen LogP contribution is -2.12. The first-order chi connectivity index (χ1) is 6.24. The van der Waals surface area contributed by atoms with Crippen LogP contribution < -0.4 is 0 Å². The molecular weight excluding hydrogens is 184 g/mol. The van der Waals surface area contributed by atoms with Gasteiger partial charge in [-0.05, 0) is 25.5 Å². The maximum absolute atomic E-state index is 5.58. The summed E-state index contributed by atoms with van der Waals surface area (Å²) in [5, 5.41) is 8.10. The van der Waals surface area contributed by atoms with Crippen LogP contribution in [0.1, 0.15) is 38.5 Å². The third kappa shape index (κ3) is 1.59. The van der Waals surface area contributed by atoms with Crippen molar-refractivity contribution in [2.75, 3.05) is 5.75 Å². The van der Waals surface area contributed by atoms with Gasteiger partial charge in [-0.2, -0.15) is 0 Å². The Balaban J connectivity index is 2.23. The molecule has 0 aromatic carbocycles. The van der Waals surface area contributed by atoms with E-state index in [-0.39, 0.29) is 4.75 Å². The van der Waals surface area contributed by atoms with Gasteiger partial charge in [-0.25, -0.2) is 0 Å². The van der Waals surface area contributed by atoms with Crippen LogP contribution in [0.25, 0.3) is 0 Å². The van der Waals surface area contributed by atoms with Crippen LogP contribution in [-0.4, -0.2) is 16.0 Å². The van der Waals surface area contributed by atoms with E-state index in [1.54, 1.807) is 0 Å². The van der Waals surface area contributed by atoms with Crippen molar-refractivity contribution in [2.45, 2.75) is 37.9 Å². The Bertz CT molecular complexity index is 292. The average molecular weight is 198 g/mol. The SMILES string of the molecule is CCc1nnc(C2(C)CCCS2)o1. The predicted molar refractivity (Wildman–Crippen MR) is 52.7 cm³/mol. The molecule has 2 rings (SSSR count). The summed E-state index contributed by atoms with van der Waals surface area (Å²) in [6.45, 7) is 4.22. The fourth-order valence-corrected chi connectivity index (χ4v) is 2.79. The molecule has 1 fully saturated rings. The Morgan fingerprint density at radius 2 is 2.38 bits per heavy atom. The molecule has 1 unspecified atom stereocenters. The summed E-state index contributed by atoms with van der Waals surface area (Å²) in [4.78, 5) is 0. The van der Waals surface area contributed by atoms with Gasteiger partial charge < -0.3 is 4.42 Å². The maximum atomic E-state index is 5.58. The van der Waals surface area contributed by atoms with Crippen molar-refractivity contribution in [3.8, 4) is 0 Å². The van der Waals surface area contributed by atoms with Crippen LogP contribution in [0.3, 0.4) is 0 Å². The third-order valence-corrected chi connectivity index (χ3v) is 3.95. The first-order valence-corrected chi connectivity index (χ1v) is 5.70. The van der Waals surface area contributed by atoms with E-state index in [0.29, 0.717) is 0 Å². The zero-order valence-electron chi connectivity index (χ0n) is 8.04. The quantitative estimate of drug-likeness (QED) is 0.731. The van der Waals surface area contributed by atoms with Gasteiger partial charge in [0.2, 0.25) is 11.8 Å². The van der Waals surface area contributed by atoms with Crippen LogP contribution in [0.5, 0.6) is 0 Å². The van der Waals surface area contributed by atoms with Crippen LogP contribution in [0.4, 0.5) is 0 Å². The van der Waals surface area contributed by atoms with Gasteiger partial charge in [0.05, 0.1) is 4.75 Å². The standard InChI is InChI=1S/C9H14N2OS/c1-3-7-10-11-8(12-7)9(2)5-4-6-13-9/h3-6H2,1-2H3. The molecule has 1 aliphatic rings. The maximum Gasteiger partial charge on any atom is 0.232 e. The fourth-order valence-electron chi connectivity index (χ4n) is 1.56. The molecule has 3 nitrogen and oxygen atoms in total. The van der Waals surface area contributed by atoms with E-state index in [2.05, 4.69) is 17.1 Å². The molecule has 0 saturated carbocycles. The lowest BCUT2D eigenvalue weighted by atomic mass is 10.1. The fraction of sp³-hybridized carbons (Fsp3) is 0.778. The average Bonchev–Trinajstić information content (AvgIpc) is 2.72. The Morgan fingerprint density at radius 1 is 1.54 bits per heavy atom. The number of aromatic nitrogens is 2. The Hall–Kier alpha value is -0.510. The third-order valence-electron chi connectivity index (χ3n) is 2.44. The predicted octanol–water partition coefficient (Wildman–Crippen LogP) is 2.37. The summed E-state index contributed by atoms with van der Waals surface area (Å²) < 4.78 is 5.66. The minimum atomic E-state index is 0.0837. The second kappa shape index (κ2) is 3.33. The van der Waals surface area contributed by atoms with Crippen molar-refractivity contribution in [3.63, 3.8) is 0 Å².